The predicted octanol–water partition coefficient (Wildman–Crippen LogP) is 4.70. The Morgan fingerprint density at radius 3 is 2.26 bits per heavy atom. The van der Waals surface area contributed by atoms with Gasteiger partial charge in [-0.15, -0.1) is 0 Å². The number of hydrogen-bond donors (Lipinski definition) is 0. The van der Waals surface area contributed by atoms with Gasteiger partial charge >= 0.3 is 0 Å². The van der Waals surface area contributed by atoms with Gasteiger partial charge in [-0.1, -0.05) is 54.1 Å². The van der Waals surface area contributed by atoms with Crippen LogP contribution in [0.3, 0.4) is 0 Å². The van der Waals surface area contributed by atoms with Gasteiger partial charge in [-0.3, -0.25) is 4.79 Å². The van der Waals surface area contributed by atoms with E-state index in [-0.39, 0.29) is 5.78 Å². The Morgan fingerprint density at radius 1 is 0.684 bits per heavy atom. The molecule has 0 aromatic heterocycles. The summed E-state index contributed by atoms with van der Waals surface area (Å²) < 4.78 is 0. The lowest BCUT2D eigenvalue weighted by Gasteiger charge is -2.20. The van der Waals surface area contributed by atoms with Crippen LogP contribution in [0, 0.1) is 0 Å². The van der Waals surface area contributed by atoms with Gasteiger partial charge in [0.15, 0.2) is 5.78 Å². The van der Waals surface area contributed by atoms with E-state index in [1.54, 1.807) is 6.07 Å². The van der Waals surface area contributed by atoms with Crippen molar-refractivity contribution in [3.05, 3.63) is 70.7 Å². The lowest BCUT2D eigenvalue weighted by molar-refractivity contribution is 0.104. The minimum Gasteiger partial charge on any atom is -0.289 e. The molecule has 0 radical (unpaired) electrons. The molecule has 0 atom stereocenters. The number of ketones is 1. The fourth-order valence-electron chi connectivity index (χ4n) is 2.85. The van der Waals surface area contributed by atoms with Crippen molar-refractivity contribution in [3.63, 3.8) is 0 Å². The van der Waals surface area contributed by atoms with Crippen molar-refractivity contribution in [2.45, 2.75) is 0 Å². The molecule has 2 heteroatoms. The number of carbonyl (C=O) groups is 1. The number of halogens is 1. The Balaban J connectivity index is 2.28. The first-order valence-electron chi connectivity index (χ1n) is 6.13. The molecule has 0 bridgehead atoms. The van der Waals surface area contributed by atoms with Gasteiger partial charge in [-0.2, -0.15) is 0 Å². The van der Waals surface area contributed by atoms with Gasteiger partial charge in [0.2, 0.25) is 0 Å². The standard InChI is InChI=1S/C17H9ClO/c18-15-9-8-14-16-11(6-3-7-13(15)16)10-4-1-2-5-12(10)17(14)19/h1-9H. The van der Waals surface area contributed by atoms with E-state index in [4.69, 9.17) is 11.6 Å². The topological polar surface area (TPSA) is 17.1 Å². The van der Waals surface area contributed by atoms with E-state index in [2.05, 4.69) is 0 Å². The lowest BCUT2D eigenvalue weighted by atomic mass is 9.83. The maximum atomic E-state index is 12.6. The molecule has 3 aromatic carbocycles. The molecule has 0 aliphatic heterocycles. The number of hydrogen-bond acceptors (Lipinski definition) is 1. The maximum Gasteiger partial charge on any atom is 0.194 e. The van der Waals surface area contributed by atoms with E-state index >= 15 is 0 Å². The summed E-state index contributed by atoms with van der Waals surface area (Å²) in [5, 5.41) is 2.60. The summed E-state index contributed by atoms with van der Waals surface area (Å²) in [7, 11) is 0. The highest BCUT2D eigenvalue weighted by Gasteiger charge is 2.24. The Labute approximate surface area is 115 Å². The highest BCUT2D eigenvalue weighted by Crippen LogP contribution is 2.41. The molecule has 0 saturated carbocycles. The average molecular weight is 265 g/mol. The van der Waals surface area contributed by atoms with Crippen molar-refractivity contribution >= 4 is 28.2 Å². The second-order valence-corrected chi connectivity index (χ2v) is 5.10. The largest absolute Gasteiger partial charge is 0.289 e. The van der Waals surface area contributed by atoms with E-state index < -0.39 is 0 Å². The zero-order valence-electron chi connectivity index (χ0n) is 9.98. The van der Waals surface area contributed by atoms with Crippen LogP contribution < -0.4 is 0 Å². The third-order valence-electron chi connectivity index (χ3n) is 3.69. The summed E-state index contributed by atoms with van der Waals surface area (Å²) in [6.07, 6.45) is 0. The van der Waals surface area contributed by atoms with Gasteiger partial charge in [-0.25, -0.2) is 0 Å². The molecule has 1 aliphatic rings. The smallest absolute Gasteiger partial charge is 0.194 e. The minimum absolute atomic E-state index is 0.0796. The zero-order valence-corrected chi connectivity index (χ0v) is 10.7. The third kappa shape index (κ3) is 1.33. The number of fused-ring (bicyclic) bond motifs is 2. The highest BCUT2D eigenvalue weighted by atomic mass is 35.5. The Hall–Kier alpha value is -2.12. The third-order valence-corrected chi connectivity index (χ3v) is 4.02. The molecule has 0 heterocycles. The Bertz CT molecular complexity index is 849. The van der Waals surface area contributed by atoms with Gasteiger partial charge in [-0.05, 0) is 23.3 Å². The van der Waals surface area contributed by atoms with E-state index in [9.17, 15) is 4.79 Å². The van der Waals surface area contributed by atoms with Gasteiger partial charge in [0.25, 0.3) is 0 Å². The Morgan fingerprint density at radius 2 is 1.42 bits per heavy atom. The van der Waals surface area contributed by atoms with Crippen LogP contribution in [-0.2, 0) is 0 Å². The van der Waals surface area contributed by atoms with Crippen LogP contribution in [0.5, 0.6) is 0 Å². The Kier molecular flexibility index (Phi) is 2.09. The van der Waals surface area contributed by atoms with Crippen molar-refractivity contribution in [1.82, 2.24) is 0 Å². The van der Waals surface area contributed by atoms with Crippen LogP contribution in [0.1, 0.15) is 15.9 Å². The summed E-state index contributed by atoms with van der Waals surface area (Å²) in [6, 6.07) is 17.4. The molecule has 0 spiro atoms. The maximum absolute atomic E-state index is 12.6. The van der Waals surface area contributed by atoms with Gasteiger partial charge in [0.1, 0.15) is 0 Å². The molecule has 19 heavy (non-hydrogen) atoms. The van der Waals surface area contributed by atoms with Crippen LogP contribution in [-0.4, -0.2) is 5.78 Å². The molecule has 4 rings (SSSR count). The number of benzene rings is 3. The van der Waals surface area contributed by atoms with Crippen LogP contribution in [0.15, 0.2) is 54.6 Å². The molecular formula is C17H9ClO. The molecule has 90 valence electrons. The quantitative estimate of drug-likeness (QED) is 0.450. The number of carbonyl (C=O) groups excluding carboxylic acids is 1. The first-order valence-corrected chi connectivity index (χ1v) is 6.50. The molecule has 0 unspecified atom stereocenters. The summed E-state index contributed by atoms with van der Waals surface area (Å²) in [5.41, 5.74) is 3.59. The average Bonchev–Trinajstić information content (AvgIpc) is 2.46. The van der Waals surface area contributed by atoms with E-state index in [1.165, 1.54) is 0 Å². The van der Waals surface area contributed by atoms with E-state index in [1.807, 2.05) is 48.5 Å². The first kappa shape index (κ1) is 10.8. The second-order valence-electron chi connectivity index (χ2n) is 4.70. The molecule has 0 N–H and O–H groups in total. The SMILES string of the molecule is O=C1c2ccccc2-c2cccc3c(Cl)ccc1c23. The van der Waals surface area contributed by atoms with Crippen LogP contribution in [0.2, 0.25) is 5.02 Å². The normalized spacial score (nSPS) is 12.6. The van der Waals surface area contributed by atoms with Crippen molar-refractivity contribution in [1.29, 1.82) is 0 Å². The summed E-state index contributed by atoms with van der Waals surface area (Å²) in [4.78, 5) is 12.6. The molecule has 3 aromatic rings. The van der Waals surface area contributed by atoms with Crippen LogP contribution in [0.25, 0.3) is 21.9 Å². The van der Waals surface area contributed by atoms with Crippen molar-refractivity contribution in [3.8, 4) is 11.1 Å². The van der Waals surface area contributed by atoms with Gasteiger partial charge in [0.05, 0.1) is 0 Å². The van der Waals surface area contributed by atoms with Crippen LogP contribution >= 0.6 is 11.6 Å². The molecule has 0 fully saturated rings. The fourth-order valence-corrected chi connectivity index (χ4v) is 3.07. The predicted molar refractivity (Wildman–Crippen MR) is 77.8 cm³/mol. The minimum atomic E-state index is 0.0796. The molecule has 0 saturated heterocycles. The van der Waals surface area contributed by atoms with E-state index in [0.29, 0.717) is 5.02 Å². The monoisotopic (exact) mass is 264 g/mol. The van der Waals surface area contributed by atoms with Crippen molar-refractivity contribution in [2.24, 2.45) is 0 Å². The van der Waals surface area contributed by atoms with E-state index in [0.717, 1.165) is 33.0 Å². The molecule has 1 nitrogen and oxygen atoms in total. The number of rotatable bonds is 0. The zero-order chi connectivity index (χ0) is 13.0. The lowest BCUT2D eigenvalue weighted by Crippen LogP contribution is -2.09. The van der Waals surface area contributed by atoms with Crippen molar-refractivity contribution < 1.29 is 4.79 Å². The highest BCUT2D eigenvalue weighted by molar-refractivity contribution is 6.38. The van der Waals surface area contributed by atoms with Crippen LogP contribution in [0.4, 0.5) is 0 Å². The first-order chi connectivity index (χ1) is 9.27. The molecular weight excluding hydrogens is 256 g/mol. The molecule has 0 amide bonds. The van der Waals surface area contributed by atoms with Gasteiger partial charge < -0.3 is 0 Å². The van der Waals surface area contributed by atoms with Gasteiger partial charge in [0, 0.05) is 26.9 Å². The summed E-state index contributed by atoms with van der Waals surface area (Å²) in [5.74, 6) is 0.0796. The molecule has 1 aliphatic carbocycles. The second kappa shape index (κ2) is 3.69. The fraction of sp³-hybridized carbons (Fsp3) is 0. The summed E-state index contributed by atoms with van der Waals surface area (Å²) >= 11 is 6.25. The summed E-state index contributed by atoms with van der Waals surface area (Å²) in [6.45, 7) is 0. The van der Waals surface area contributed by atoms with Crippen molar-refractivity contribution in [2.75, 3.05) is 0 Å².